The molecule has 0 aliphatic carbocycles. The van der Waals surface area contributed by atoms with Crippen LogP contribution in [0.25, 0.3) is 11.0 Å². The molecule has 3 rings (SSSR count). The maximum atomic E-state index is 13.9. The van der Waals surface area contributed by atoms with Gasteiger partial charge in [-0.3, -0.25) is 0 Å². The predicted octanol–water partition coefficient (Wildman–Crippen LogP) is 3.11. The van der Waals surface area contributed by atoms with Crippen molar-refractivity contribution >= 4 is 16.7 Å². The van der Waals surface area contributed by atoms with Crippen molar-refractivity contribution in [2.24, 2.45) is 0 Å². The molecule has 4 heteroatoms. The Kier molecular flexibility index (Phi) is 2.71. The van der Waals surface area contributed by atoms with E-state index in [0.717, 1.165) is 16.9 Å². The maximum Gasteiger partial charge on any atom is 0.130 e. The second-order valence-electron chi connectivity index (χ2n) is 4.58. The molecule has 0 aliphatic heterocycles. The molecule has 2 aromatic carbocycles. The van der Waals surface area contributed by atoms with E-state index in [1.807, 2.05) is 35.8 Å². The Hall–Kier alpha value is -2.36. The third kappa shape index (κ3) is 2.05. The summed E-state index contributed by atoms with van der Waals surface area (Å²) in [4.78, 5) is 4.47. The lowest BCUT2D eigenvalue weighted by Crippen LogP contribution is -2.04. The first-order valence-electron chi connectivity index (χ1n) is 6.11. The minimum absolute atomic E-state index is 0.280. The van der Waals surface area contributed by atoms with Crippen LogP contribution in [0, 0.1) is 12.7 Å². The SMILES string of the molecule is Cc1nc2ccccc2n1Cc1ccc(N)cc1F. The molecule has 0 atom stereocenters. The van der Waals surface area contributed by atoms with Gasteiger partial charge in [0.1, 0.15) is 11.6 Å². The fourth-order valence-electron chi connectivity index (χ4n) is 2.26. The Morgan fingerprint density at radius 2 is 2.00 bits per heavy atom. The summed E-state index contributed by atoms with van der Waals surface area (Å²) in [5.41, 5.74) is 8.55. The minimum Gasteiger partial charge on any atom is -0.399 e. The van der Waals surface area contributed by atoms with Gasteiger partial charge in [0.05, 0.1) is 17.6 Å². The Bertz CT molecular complexity index is 746. The van der Waals surface area contributed by atoms with E-state index in [9.17, 15) is 4.39 Å². The quantitative estimate of drug-likeness (QED) is 0.715. The zero-order chi connectivity index (χ0) is 13.4. The lowest BCUT2D eigenvalue weighted by Gasteiger charge is -2.08. The van der Waals surface area contributed by atoms with Crippen LogP contribution < -0.4 is 5.73 Å². The van der Waals surface area contributed by atoms with Gasteiger partial charge in [-0.15, -0.1) is 0 Å². The van der Waals surface area contributed by atoms with Crippen LogP contribution in [0.5, 0.6) is 0 Å². The number of fused-ring (bicyclic) bond motifs is 1. The van der Waals surface area contributed by atoms with Gasteiger partial charge in [0.2, 0.25) is 0 Å². The fourth-order valence-corrected chi connectivity index (χ4v) is 2.26. The average molecular weight is 255 g/mol. The van der Waals surface area contributed by atoms with E-state index in [1.54, 1.807) is 12.1 Å². The average Bonchev–Trinajstić information content (AvgIpc) is 2.69. The molecule has 3 nitrogen and oxygen atoms in total. The van der Waals surface area contributed by atoms with Crippen molar-refractivity contribution in [2.45, 2.75) is 13.5 Å². The third-order valence-corrected chi connectivity index (χ3v) is 3.25. The van der Waals surface area contributed by atoms with Crippen LogP contribution in [0.3, 0.4) is 0 Å². The van der Waals surface area contributed by atoms with Gasteiger partial charge in [-0.05, 0) is 31.2 Å². The van der Waals surface area contributed by atoms with Crippen molar-refractivity contribution in [3.8, 4) is 0 Å². The van der Waals surface area contributed by atoms with Gasteiger partial charge in [-0.25, -0.2) is 9.37 Å². The lowest BCUT2D eigenvalue weighted by molar-refractivity contribution is 0.600. The standard InChI is InChI=1S/C15H14FN3/c1-10-18-14-4-2-3-5-15(14)19(10)9-11-6-7-12(17)8-13(11)16/h2-8H,9,17H2,1H3. The molecule has 1 aromatic heterocycles. The molecule has 0 saturated carbocycles. The number of aryl methyl sites for hydroxylation is 1. The number of hydrogen-bond acceptors (Lipinski definition) is 2. The number of halogens is 1. The number of nitrogens with two attached hydrogens (primary N) is 1. The largest absolute Gasteiger partial charge is 0.399 e. The summed E-state index contributed by atoms with van der Waals surface area (Å²) in [5, 5.41) is 0. The van der Waals surface area contributed by atoms with Crippen molar-refractivity contribution in [3.63, 3.8) is 0 Å². The summed E-state index contributed by atoms with van der Waals surface area (Å²) >= 11 is 0. The van der Waals surface area contributed by atoms with E-state index in [0.29, 0.717) is 17.8 Å². The molecule has 19 heavy (non-hydrogen) atoms. The number of nitrogens with zero attached hydrogens (tertiary/aromatic N) is 2. The summed E-state index contributed by atoms with van der Waals surface area (Å²) < 4.78 is 15.9. The Labute approximate surface area is 110 Å². The van der Waals surface area contributed by atoms with Gasteiger partial charge < -0.3 is 10.3 Å². The lowest BCUT2D eigenvalue weighted by atomic mass is 10.2. The molecular weight excluding hydrogens is 241 g/mol. The molecule has 0 amide bonds. The van der Waals surface area contributed by atoms with Gasteiger partial charge in [0.25, 0.3) is 0 Å². The Balaban J connectivity index is 2.08. The molecule has 1 heterocycles. The molecule has 0 unspecified atom stereocenters. The molecule has 96 valence electrons. The normalized spacial score (nSPS) is 11.1. The summed E-state index contributed by atoms with van der Waals surface area (Å²) in [6.45, 7) is 2.38. The van der Waals surface area contributed by atoms with Crippen LogP contribution in [0.4, 0.5) is 10.1 Å². The monoisotopic (exact) mass is 255 g/mol. The van der Waals surface area contributed by atoms with Gasteiger partial charge in [0, 0.05) is 11.3 Å². The zero-order valence-corrected chi connectivity index (χ0v) is 10.6. The second-order valence-corrected chi connectivity index (χ2v) is 4.58. The summed E-state index contributed by atoms with van der Waals surface area (Å²) in [6.07, 6.45) is 0. The molecule has 0 fully saturated rings. The molecule has 0 saturated heterocycles. The van der Waals surface area contributed by atoms with E-state index in [-0.39, 0.29) is 5.82 Å². The van der Waals surface area contributed by atoms with Crippen molar-refractivity contribution < 1.29 is 4.39 Å². The Morgan fingerprint density at radius 3 is 2.79 bits per heavy atom. The number of anilines is 1. The van der Waals surface area contributed by atoms with Crippen molar-refractivity contribution in [2.75, 3.05) is 5.73 Å². The van der Waals surface area contributed by atoms with Gasteiger partial charge in [-0.2, -0.15) is 0 Å². The highest BCUT2D eigenvalue weighted by Crippen LogP contribution is 2.19. The van der Waals surface area contributed by atoms with Crippen LogP contribution in [0.2, 0.25) is 0 Å². The van der Waals surface area contributed by atoms with Crippen molar-refractivity contribution in [1.82, 2.24) is 9.55 Å². The fraction of sp³-hybridized carbons (Fsp3) is 0.133. The van der Waals surface area contributed by atoms with E-state index < -0.39 is 0 Å². The highest BCUT2D eigenvalue weighted by Gasteiger charge is 2.09. The molecule has 3 aromatic rings. The number of rotatable bonds is 2. The van der Waals surface area contributed by atoms with Crippen LogP contribution in [0.15, 0.2) is 42.5 Å². The van der Waals surface area contributed by atoms with Gasteiger partial charge >= 0.3 is 0 Å². The summed E-state index contributed by atoms with van der Waals surface area (Å²) in [5.74, 6) is 0.592. The highest BCUT2D eigenvalue weighted by atomic mass is 19.1. The Morgan fingerprint density at radius 1 is 1.21 bits per heavy atom. The number of para-hydroxylation sites is 2. The molecule has 0 spiro atoms. The molecule has 0 bridgehead atoms. The smallest absolute Gasteiger partial charge is 0.130 e. The molecule has 0 aliphatic rings. The molecule has 2 N–H and O–H groups in total. The van der Waals surface area contributed by atoms with E-state index in [4.69, 9.17) is 5.73 Å². The molecular formula is C15H14FN3. The first kappa shape index (κ1) is 11.7. The summed E-state index contributed by atoms with van der Waals surface area (Å²) in [6, 6.07) is 12.6. The first-order chi connectivity index (χ1) is 9.15. The van der Waals surface area contributed by atoms with Crippen LogP contribution in [-0.2, 0) is 6.54 Å². The van der Waals surface area contributed by atoms with Gasteiger partial charge in [-0.1, -0.05) is 18.2 Å². The number of hydrogen-bond donors (Lipinski definition) is 1. The van der Waals surface area contributed by atoms with Crippen molar-refractivity contribution in [1.29, 1.82) is 0 Å². The van der Waals surface area contributed by atoms with Crippen LogP contribution >= 0.6 is 0 Å². The van der Waals surface area contributed by atoms with E-state index in [2.05, 4.69) is 4.98 Å². The van der Waals surface area contributed by atoms with E-state index >= 15 is 0 Å². The van der Waals surface area contributed by atoms with E-state index in [1.165, 1.54) is 6.07 Å². The number of imidazole rings is 1. The van der Waals surface area contributed by atoms with Gasteiger partial charge in [0.15, 0.2) is 0 Å². The number of nitrogen functional groups attached to an aromatic ring is 1. The predicted molar refractivity (Wildman–Crippen MR) is 74.4 cm³/mol. The minimum atomic E-state index is -0.280. The van der Waals surface area contributed by atoms with Crippen LogP contribution in [0.1, 0.15) is 11.4 Å². The number of benzene rings is 2. The molecule has 0 radical (unpaired) electrons. The first-order valence-corrected chi connectivity index (χ1v) is 6.11. The number of aromatic nitrogens is 2. The topological polar surface area (TPSA) is 43.8 Å². The van der Waals surface area contributed by atoms with Crippen LogP contribution in [-0.4, -0.2) is 9.55 Å². The maximum absolute atomic E-state index is 13.9. The summed E-state index contributed by atoms with van der Waals surface area (Å²) in [7, 11) is 0. The van der Waals surface area contributed by atoms with Crippen molar-refractivity contribution in [3.05, 3.63) is 59.7 Å². The third-order valence-electron chi connectivity index (χ3n) is 3.25. The second kappa shape index (κ2) is 4.39. The zero-order valence-electron chi connectivity index (χ0n) is 10.6. The highest BCUT2D eigenvalue weighted by molar-refractivity contribution is 5.75.